The second kappa shape index (κ2) is 6.26. The minimum absolute atomic E-state index is 0.336. The van der Waals surface area contributed by atoms with Gasteiger partial charge in [0.2, 0.25) is 0 Å². The first kappa shape index (κ1) is 14.6. The van der Waals surface area contributed by atoms with Crippen LogP contribution in [-0.4, -0.2) is 29.2 Å². The van der Waals surface area contributed by atoms with Gasteiger partial charge in [0.15, 0.2) is 0 Å². The van der Waals surface area contributed by atoms with Crippen molar-refractivity contribution in [3.8, 4) is 0 Å². The van der Waals surface area contributed by atoms with Crippen molar-refractivity contribution in [3.63, 3.8) is 0 Å². The summed E-state index contributed by atoms with van der Waals surface area (Å²) in [4.78, 5) is 20.8. The van der Waals surface area contributed by atoms with E-state index in [2.05, 4.69) is 5.09 Å². The van der Waals surface area contributed by atoms with Crippen LogP contribution in [0.3, 0.4) is 0 Å². The highest BCUT2D eigenvalue weighted by atomic mass is 31.2. The Labute approximate surface area is 90.7 Å². The Morgan fingerprint density at radius 1 is 1.47 bits per heavy atom. The molecule has 0 aliphatic rings. The molecule has 0 aliphatic carbocycles. The van der Waals surface area contributed by atoms with Gasteiger partial charge in [-0.25, -0.2) is 5.09 Å². The van der Waals surface area contributed by atoms with Crippen molar-refractivity contribution in [1.82, 2.24) is 5.09 Å². The second-order valence-electron chi connectivity index (χ2n) is 3.73. The monoisotopic (exact) mass is 237 g/mol. The Hall–Kier alpha value is -0.380. The molecule has 0 heterocycles. The molecule has 5 nitrogen and oxygen atoms in total. The predicted octanol–water partition coefficient (Wildman–Crippen LogP) is 1.51. The van der Waals surface area contributed by atoms with Crippen LogP contribution in [0.15, 0.2) is 0 Å². The van der Waals surface area contributed by atoms with Gasteiger partial charge < -0.3 is 9.63 Å². The van der Waals surface area contributed by atoms with Crippen molar-refractivity contribution in [1.29, 1.82) is 0 Å². The molecule has 2 atom stereocenters. The van der Waals surface area contributed by atoms with Crippen molar-refractivity contribution < 1.29 is 19.0 Å². The van der Waals surface area contributed by atoms with E-state index in [-0.39, 0.29) is 0 Å². The normalized spacial score (nSPS) is 17.2. The zero-order valence-electron chi connectivity index (χ0n) is 9.69. The summed E-state index contributed by atoms with van der Waals surface area (Å²) < 4.78 is 16.4. The summed E-state index contributed by atoms with van der Waals surface area (Å²) in [5, 5.41) is 2.40. The van der Waals surface area contributed by atoms with Gasteiger partial charge in [0, 0.05) is 5.66 Å². The Morgan fingerprint density at radius 2 is 2.00 bits per heavy atom. The lowest BCUT2D eigenvalue weighted by molar-refractivity contribution is -0.145. The quantitative estimate of drug-likeness (QED) is 0.541. The van der Waals surface area contributed by atoms with Crippen LogP contribution in [0.2, 0.25) is 0 Å². The molecule has 0 aromatic heterocycles. The Kier molecular flexibility index (Phi) is 6.10. The number of nitrogens with one attached hydrogen (secondary N) is 1. The molecule has 0 rings (SSSR count). The van der Waals surface area contributed by atoms with E-state index >= 15 is 0 Å². The predicted molar refractivity (Wildman–Crippen MR) is 58.8 cm³/mol. The molecule has 0 radical (unpaired) electrons. The summed E-state index contributed by atoms with van der Waals surface area (Å²) in [6.45, 7) is 6.98. The van der Waals surface area contributed by atoms with Crippen molar-refractivity contribution in [2.24, 2.45) is 0 Å². The van der Waals surface area contributed by atoms with E-state index in [0.717, 1.165) is 6.42 Å². The highest BCUT2D eigenvalue weighted by molar-refractivity contribution is 7.56. The van der Waals surface area contributed by atoms with Crippen molar-refractivity contribution in [2.45, 2.75) is 45.8 Å². The molecule has 2 N–H and O–H groups in total. The Morgan fingerprint density at radius 3 is 2.40 bits per heavy atom. The SMILES string of the molecule is CCCOC(=O)[C@H](C)NP(=O)(O)C(C)C. The molecule has 0 aromatic rings. The third-order valence-electron chi connectivity index (χ3n) is 1.88. The molecule has 0 bridgehead atoms. The molecule has 0 aliphatic heterocycles. The number of esters is 1. The molecule has 6 heteroatoms. The fraction of sp³-hybridized carbons (Fsp3) is 0.889. The fourth-order valence-corrected chi connectivity index (χ4v) is 1.77. The van der Waals surface area contributed by atoms with Gasteiger partial charge in [-0.3, -0.25) is 9.36 Å². The van der Waals surface area contributed by atoms with E-state index in [1.807, 2.05) is 6.92 Å². The van der Waals surface area contributed by atoms with Gasteiger partial charge in [-0.15, -0.1) is 0 Å². The minimum atomic E-state index is -3.46. The summed E-state index contributed by atoms with van der Waals surface area (Å²) in [7, 11) is -3.46. The van der Waals surface area contributed by atoms with Crippen LogP contribution in [0.4, 0.5) is 0 Å². The van der Waals surface area contributed by atoms with Gasteiger partial charge >= 0.3 is 5.97 Å². The van der Waals surface area contributed by atoms with Crippen molar-refractivity contribution in [2.75, 3.05) is 6.61 Å². The van der Waals surface area contributed by atoms with Gasteiger partial charge in [-0.05, 0) is 13.3 Å². The maximum atomic E-state index is 11.5. The smallest absolute Gasteiger partial charge is 0.323 e. The van der Waals surface area contributed by atoms with Crippen LogP contribution < -0.4 is 5.09 Å². The van der Waals surface area contributed by atoms with Crippen LogP contribution in [0.25, 0.3) is 0 Å². The van der Waals surface area contributed by atoms with Crippen molar-refractivity contribution in [3.05, 3.63) is 0 Å². The lowest BCUT2D eigenvalue weighted by Crippen LogP contribution is -2.35. The zero-order chi connectivity index (χ0) is 12.1. The van der Waals surface area contributed by atoms with E-state index < -0.39 is 25.2 Å². The largest absolute Gasteiger partial charge is 0.465 e. The molecule has 15 heavy (non-hydrogen) atoms. The Balaban J connectivity index is 4.18. The molecule has 0 fully saturated rings. The maximum Gasteiger partial charge on any atom is 0.323 e. The first-order valence-corrected chi connectivity index (χ1v) is 6.81. The van der Waals surface area contributed by atoms with Crippen LogP contribution in [0.1, 0.15) is 34.1 Å². The van der Waals surface area contributed by atoms with E-state index in [0.29, 0.717) is 6.61 Å². The molecule has 0 saturated heterocycles. The molecule has 90 valence electrons. The number of hydrogen-bond donors (Lipinski definition) is 2. The zero-order valence-corrected chi connectivity index (χ0v) is 10.6. The number of carbonyl (C=O) groups excluding carboxylic acids is 1. The first-order valence-electron chi connectivity index (χ1n) is 5.08. The molecule has 0 aromatic carbocycles. The standard InChI is InChI=1S/C9H20NO4P/c1-5-6-14-9(11)8(4)10-15(12,13)7(2)3/h7-8H,5-6H2,1-4H3,(H2,10,12,13)/t8-/m0/s1. The molecule has 0 saturated carbocycles. The van der Waals surface area contributed by atoms with Crippen LogP contribution in [0.5, 0.6) is 0 Å². The van der Waals surface area contributed by atoms with Gasteiger partial charge in [0.05, 0.1) is 6.61 Å². The van der Waals surface area contributed by atoms with E-state index in [9.17, 15) is 14.3 Å². The van der Waals surface area contributed by atoms with Crippen LogP contribution >= 0.6 is 7.52 Å². The van der Waals surface area contributed by atoms with Crippen molar-refractivity contribution >= 4 is 13.5 Å². The second-order valence-corrected chi connectivity index (χ2v) is 6.27. The lowest BCUT2D eigenvalue weighted by Gasteiger charge is -2.20. The summed E-state index contributed by atoms with van der Waals surface area (Å²) >= 11 is 0. The maximum absolute atomic E-state index is 11.5. The lowest BCUT2D eigenvalue weighted by atomic mass is 10.4. The van der Waals surface area contributed by atoms with Crippen LogP contribution in [0, 0.1) is 0 Å². The third kappa shape index (κ3) is 5.30. The molecule has 0 spiro atoms. The molecule has 1 unspecified atom stereocenters. The average molecular weight is 237 g/mol. The summed E-state index contributed by atoms with van der Waals surface area (Å²) in [5.41, 5.74) is -0.418. The molecule has 0 amide bonds. The highest BCUT2D eigenvalue weighted by Gasteiger charge is 2.28. The fourth-order valence-electron chi connectivity index (χ4n) is 0.807. The van der Waals surface area contributed by atoms with Gasteiger partial charge in [0.25, 0.3) is 7.52 Å². The van der Waals surface area contributed by atoms with Crippen LogP contribution in [-0.2, 0) is 14.1 Å². The van der Waals surface area contributed by atoms with Gasteiger partial charge in [-0.2, -0.15) is 0 Å². The number of ether oxygens (including phenoxy) is 1. The van der Waals surface area contributed by atoms with E-state index in [1.165, 1.54) is 6.92 Å². The third-order valence-corrected chi connectivity index (χ3v) is 4.04. The number of hydrogen-bond acceptors (Lipinski definition) is 3. The van der Waals surface area contributed by atoms with E-state index in [4.69, 9.17) is 4.74 Å². The van der Waals surface area contributed by atoms with Gasteiger partial charge in [0.1, 0.15) is 6.04 Å². The summed E-state index contributed by atoms with van der Waals surface area (Å²) in [6.07, 6.45) is 0.736. The topological polar surface area (TPSA) is 75.6 Å². The molecular weight excluding hydrogens is 217 g/mol. The summed E-state index contributed by atoms with van der Waals surface area (Å²) in [6, 6.07) is -0.755. The summed E-state index contributed by atoms with van der Waals surface area (Å²) in [5.74, 6) is -0.494. The van der Waals surface area contributed by atoms with E-state index in [1.54, 1.807) is 13.8 Å². The van der Waals surface area contributed by atoms with Gasteiger partial charge in [-0.1, -0.05) is 20.8 Å². The average Bonchev–Trinajstić information content (AvgIpc) is 2.13. The minimum Gasteiger partial charge on any atom is -0.465 e. The first-order chi connectivity index (χ1) is 6.81. The molecular formula is C9H20NO4P. The number of rotatable bonds is 6. The Bertz CT molecular complexity index is 254. The highest BCUT2D eigenvalue weighted by Crippen LogP contribution is 2.41. The number of carbonyl (C=O) groups is 1.